The summed E-state index contributed by atoms with van der Waals surface area (Å²) in [7, 11) is 1.67. The standard InChI is InChI=1S/C16H20BrNO2S/c1-3-7-18-9-12-5-4-6-15(19-2)16(12)20-10-14-8-13(17)11-21-14/h4-6,8,11,18H,3,7,9-10H2,1-2H3. The highest BCUT2D eigenvalue weighted by Gasteiger charge is 2.11. The summed E-state index contributed by atoms with van der Waals surface area (Å²) in [6, 6.07) is 8.08. The van der Waals surface area contributed by atoms with Crippen LogP contribution in [0.2, 0.25) is 0 Å². The predicted octanol–water partition coefficient (Wildman–Crippen LogP) is 4.60. The molecule has 0 atom stereocenters. The number of benzene rings is 1. The molecule has 1 N–H and O–H groups in total. The molecule has 0 radical (unpaired) electrons. The van der Waals surface area contributed by atoms with Gasteiger partial charge >= 0.3 is 0 Å². The highest BCUT2D eigenvalue weighted by molar-refractivity contribution is 9.10. The van der Waals surface area contributed by atoms with Gasteiger partial charge in [0.05, 0.1) is 7.11 Å². The van der Waals surface area contributed by atoms with Gasteiger partial charge in [0.15, 0.2) is 11.5 Å². The first-order valence-electron chi connectivity index (χ1n) is 6.97. The van der Waals surface area contributed by atoms with E-state index in [4.69, 9.17) is 9.47 Å². The van der Waals surface area contributed by atoms with Gasteiger partial charge < -0.3 is 14.8 Å². The third-order valence-electron chi connectivity index (χ3n) is 3.00. The molecule has 0 spiro atoms. The van der Waals surface area contributed by atoms with Gasteiger partial charge in [0.25, 0.3) is 0 Å². The van der Waals surface area contributed by atoms with Crippen LogP contribution < -0.4 is 14.8 Å². The summed E-state index contributed by atoms with van der Waals surface area (Å²) in [5, 5.41) is 5.47. The Morgan fingerprint density at radius 3 is 2.86 bits per heavy atom. The minimum absolute atomic E-state index is 0.553. The largest absolute Gasteiger partial charge is 0.493 e. The van der Waals surface area contributed by atoms with E-state index in [0.717, 1.165) is 41.0 Å². The van der Waals surface area contributed by atoms with Gasteiger partial charge in [-0.3, -0.25) is 0 Å². The summed E-state index contributed by atoms with van der Waals surface area (Å²) in [6.45, 7) is 4.49. The first kappa shape index (κ1) is 16.3. The smallest absolute Gasteiger partial charge is 0.166 e. The second-order valence-electron chi connectivity index (χ2n) is 4.65. The molecule has 2 rings (SSSR count). The lowest BCUT2D eigenvalue weighted by atomic mass is 10.2. The number of nitrogens with one attached hydrogen (secondary N) is 1. The van der Waals surface area contributed by atoms with E-state index >= 15 is 0 Å². The van der Waals surface area contributed by atoms with Crippen molar-refractivity contribution in [2.24, 2.45) is 0 Å². The summed E-state index contributed by atoms with van der Waals surface area (Å²) in [6.07, 6.45) is 1.11. The summed E-state index contributed by atoms with van der Waals surface area (Å²) in [5.41, 5.74) is 1.12. The molecule has 0 aliphatic carbocycles. The average Bonchev–Trinajstić information content (AvgIpc) is 2.91. The number of hydrogen-bond donors (Lipinski definition) is 1. The Morgan fingerprint density at radius 2 is 2.19 bits per heavy atom. The van der Waals surface area contributed by atoms with Crippen molar-refractivity contribution < 1.29 is 9.47 Å². The van der Waals surface area contributed by atoms with Crippen LogP contribution in [0.15, 0.2) is 34.1 Å². The predicted molar refractivity (Wildman–Crippen MR) is 91.3 cm³/mol. The van der Waals surface area contributed by atoms with Crippen LogP contribution in [0.25, 0.3) is 0 Å². The van der Waals surface area contributed by atoms with Crippen LogP contribution in [0.3, 0.4) is 0 Å². The van der Waals surface area contributed by atoms with E-state index in [9.17, 15) is 0 Å². The molecule has 0 fully saturated rings. The number of hydrogen-bond acceptors (Lipinski definition) is 4. The summed E-state index contributed by atoms with van der Waals surface area (Å²) in [5.74, 6) is 1.61. The quantitative estimate of drug-likeness (QED) is 0.689. The molecule has 0 aliphatic heterocycles. The molecule has 3 nitrogen and oxygen atoms in total. The van der Waals surface area contributed by atoms with Crippen molar-refractivity contribution in [1.82, 2.24) is 5.32 Å². The number of thiophene rings is 1. The zero-order valence-electron chi connectivity index (χ0n) is 12.3. The van der Waals surface area contributed by atoms with Crippen LogP contribution in [0.1, 0.15) is 23.8 Å². The van der Waals surface area contributed by atoms with Crippen molar-refractivity contribution in [3.8, 4) is 11.5 Å². The van der Waals surface area contributed by atoms with Crippen LogP contribution in [0.5, 0.6) is 11.5 Å². The van der Waals surface area contributed by atoms with Gasteiger partial charge in [-0.2, -0.15) is 0 Å². The Balaban J connectivity index is 2.10. The van der Waals surface area contributed by atoms with E-state index in [1.807, 2.05) is 12.1 Å². The third-order valence-corrected chi connectivity index (χ3v) is 4.67. The van der Waals surface area contributed by atoms with E-state index in [1.54, 1.807) is 18.4 Å². The Kier molecular flexibility index (Phi) is 6.54. The number of halogens is 1. The minimum atomic E-state index is 0.553. The van der Waals surface area contributed by atoms with Crippen LogP contribution in [-0.4, -0.2) is 13.7 Å². The van der Waals surface area contributed by atoms with Gasteiger partial charge in [0.1, 0.15) is 6.61 Å². The molecule has 114 valence electrons. The van der Waals surface area contributed by atoms with Crippen molar-refractivity contribution in [1.29, 1.82) is 0 Å². The molecule has 0 amide bonds. The third kappa shape index (κ3) is 4.73. The molecule has 1 aromatic heterocycles. The Bertz CT molecular complexity index is 571. The maximum absolute atomic E-state index is 6.01. The normalized spacial score (nSPS) is 10.6. The number of ether oxygens (including phenoxy) is 2. The number of para-hydroxylation sites is 1. The lowest BCUT2D eigenvalue weighted by Crippen LogP contribution is -2.15. The molecule has 0 saturated carbocycles. The van der Waals surface area contributed by atoms with Crippen molar-refractivity contribution in [2.45, 2.75) is 26.5 Å². The van der Waals surface area contributed by atoms with Crippen LogP contribution in [-0.2, 0) is 13.2 Å². The van der Waals surface area contributed by atoms with Gasteiger partial charge in [0.2, 0.25) is 0 Å². The molecule has 0 saturated heterocycles. The van der Waals surface area contributed by atoms with Gasteiger partial charge in [-0.25, -0.2) is 0 Å². The Hall–Kier alpha value is -1.04. The van der Waals surface area contributed by atoms with Crippen molar-refractivity contribution in [3.05, 3.63) is 44.6 Å². The van der Waals surface area contributed by atoms with Gasteiger partial charge in [0, 0.05) is 26.8 Å². The summed E-state index contributed by atoms with van der Waals surface area (Å²) in [4.78, 5) is 1.18. The molecule has 2 aromatic rings. The topological polar surface area (TPSA) is 30.5 Å². The first-order valence-corrected chi connectivity index (χ1v) is 8.64. The SMILES string of the molecule is CCCNCc1cccc(OC)c1OCc1cc(Br)cs1. The van der Waals surface area contributed by atoms with E-state index in [2.05, 4.69) is 45.7 Å². The molecule has 0 bridgehead atoms. The Morgan fingerprint density at radius 1 is 1.33 bits per heavy atom. The van der Waals surface area contributed by atoms with Crippen molar-refractivity contribution in [2.75, 3.05) is 13.7 Å². The summed E-state index contributed by atoms with van der Waals surface area (Å²) >= 11 is 5.14. The lowest BCUT2D eigenvalue weighted by Gasteiger charge is -2.15. The number of rotatable bonds is 8. The zero-order chi connectivity index (χ0) is 15.1. The molecule has 1 heterocycles. The average molecular weight is 370 g/mol. The molecule has 0 aliphatic rings. The van der Waals surface area contributed by atoms with E-state index in [1.165, 1.54) is 4.88 Å². The lowest BCUT2D eigenvalue weighted by molar-refractivity contribution is 0.283. The highest BCUT2D eigenvalue weighted by Crippen LogP contribution is 2.32. The van der Waals surface area contributed by atoms with E-state index < -0.39 is 0 Å². The fourth-order valence-corrected chi connectivity index (χ4v) is 3.36. The molecular formula is C16H20BrNO2S. The highest BCUT2D eigenvalue weighted by atomic mass is 79.9. The van der Waals surface area contributed by atoms with Crippen LogP contribution in [0, 0.1) is 0 Å². The van der Waals surface area contributed by atoms with E-state index in [0.29, 0.717) is 6.61 Å². The monoisotopic (exact) mass is 369 g/mol. The van der Waals surface area contributed by atoms with E-state index in [-0.39, 0.29) is 0 Å². The first-order chi connectivity index (χ1) is 10.2. The minimum Gasteiger partial charge on any atom is -0.493 e. The Labute approximate surface area is 138 Å². The van der Waals surface area contributed by atoms with Gasteiger partial charge in [-0.05, 0) is 41.0 Å². The fraction of sp³-hybridized carbons (Fsp3) is 0.375. The molecule has 1 aromatic carbocycles. The summed E-state index contributed by atoms with van der Waals surface area (Å²) < 4.78 is 12.5. The maximum Gasteiger partial charge on any atom is 0.166 e. The molecule has 5 heteroatoms. The van der Waals surface area contributed by atoms with Crippen molar-refractivity contribution >= 4 is 27.3 Å². The van der Waals surface area contributed by atoms with Crippen LogP contribution >= 0.6 is 27.3 Å². The maximum atomic E-state index is 6.01. The van der Waals surface area contributed by atoms with Crippen LogP contribution in [0.4, 0.5) is 0 Å². The fourth-order valence-electron chi connectivity index (χ4n) is 2.00. The zero-order valence-corrected chi connectivity index (χ0v) is 14.7. The second kappa shape index (κ2) is 8.41. The molecule has 21 heavy (non-hydrogen) atoms. The number of methoxy groups -OCH3 is 1. The van der Waals surface area contributed by atoms with Crippen molar-refractivity contribution in [3.63, 3.8) is 0 Å². The molecule has 0 unspecified atom stereocenters. The molecular weight excluding hydrogens is 350 g/mol. The second-order valence-corrected chi connectivity index (χ2v) is 6.56. The van der Waals surface area contributed by atoms with Gasteiger partial charge in [-0.15, -0.1) is 11.3 Å². The van der Waals surface area contributed by atoms with Gasteiger partial charge in [-0.1, -0.05) is 19.1 Å².